The highest BCUT2D eigenvalue weighted by Crippen LogP contribution is 2.23. The minimum atomic E-state index is -2.54. The van der Waals surface area contributed by atoms with Crippen molar-refractivity contribution in [3.8, 4) is 0 Å². The lowest BCUT2D eigenvalue weighted by Gasteiger charge is -2.41. The maximum Gasteiger partial charge on any atom is 0.515 e. The van der Waals surface area contributed by atoms with Crippen LogP contribution in [0, 0.1) is 0 Å². The van der Waals surface area contributed by atoms with Gasteiger partial charge in [0, 0.05) is 32.7 Å². The number of fused-ring (bicyclic) bond motifs is 7. The molecular formula is C16H24N2O3Si. The highest BCUT2D eigenvalue weighted by molar-refractivity contribution is 6.61. The molecule has 0 amide bonds. The minimum Gasteiger partial charge on any atom is -0.371 e. The third-order valence-electron chi connectivity index (χ3n) is 4.82. The molecule has 0 atom stereocenters. The van der Waals surface area contributed by atoms with Crippen molar-refractivity contribution in [3.63, 3.8) is 0 Å². The van der Waals surface area contributed by atoms with E-state index in [2.05, 4.69) is 34.1 Å². The maximum absolute atomic E-state index is 6.14. The fourth-order valence-corrected chi connectivity index (χ4v) is 6.10. The van der Waals surface area contributed by atoms with Gasteiger partial charge in [-0.2, -0.15) is 0 Å². The quantitative estimate of drug-likeness (QED) is 0.757. The van der Waals surface area contributed by atoms with Crippen LogP contribution in [0.25, 0.3) is 0 Å². The molecule has 5 nitrogen and oxygen atoms in total. The SMILES string of the molecule is c1ccc2c(c1)CCN(C[Si]13OCCN(CCO1)CCO3)C2. The summed E-state index contributed by atoms with van der Waals surface area (Å²) in [6.07, 6.45) is 1.93. The molecule has 0 radical (unpaired) electrons. The van der Waals surface area contributed by atoms with Crippen molar-refractivity contribution in [2.75, 3.05) is 52.2 Å². The van der Waals surface area contributed by atoms with Crippen LogP contribution in [0.15, 0.2) is 24.3 Å². The van der Waals surface area contributed by atoms with Crippen LogP contribution in [0.4, 0.5) is 0 Å². The molecule has 4 aliphatic heterocycles. The first kappa shape index (κ1) is 14.8. The summed E-state index contributed by atoms with van der Waals surface area (Å²) in [5, 5.41) is 0. The van der Waals surface area contributed by atoms with E-state index >= 15 is 0 Å². The van der Waals surface area contributed by atoms with Gasteiger partial charge >= 0.3 is 8.80 Å². The van der Waals surface area contributed by atoms with Gasteiger partial charge < -0.3 is 13.3 Å². The van der Waals surface area contributed by atoms with Gasteiger partial charge in [0.1, 0.15) is 0 Å². The Balaban J connectivity index is 1.47. The van der Waals surface area contributed by atoms with Gasteiger partial charge in [-0.15, -0.1) is 0 Å². The second kappa shape index (κ2) is 6.39. The number of nitrogens with zero attached hydrogens (tertiary/aromatic N) is 2. The van der Waals surface area contributed by atoms with Gasteiger partial charge in [0.15, 0.2) is 0 Å². The first-order chi connectivity index (χ1) is 10.8. The molecule has 3 saturated heterocycles. The van der Waals surface area contributed by atoms with Crippen molar-refractivity contribution in [3.05, 3.63) is 35.4 Å². The summed E-state index contributed by atoms with van der Waals surface area (Å²) in [6.45, 7) is 7.25. The maximum atomic E-state index is 6.14. The second-order valence-electron chi connectivity index (χ2n) is 6.30. The van der Waals surface area contributed by atoms with Crippen LogP contribution < -0.4 is 0 Å². The standard InChI is InChI=1S/C16H24N2O3Si/c1-2-4-16-13-18(6-5-15(16)3-1)14-22-19-10-7-17(8-11-20-22)9-12-21-22/h1-4H,5-14H2. The molecule has 4 aliphatic rings. The molecule has 0 N–H and O–H groups in total. The molecule has 22 heavy (non-hydrogen) atoms. The minimum absolute atomic E-state index is 0.733. The van der Waals surface area contributed by atoms with Crippen LogP contribution in [0.1, 0.15) is 11.1 Å². The van der Waals surface area contributed by atoms with Gasteiger partial charge in [-0.25, -0.2) is 0 Å². The molecule has 1 aromatic carbocycles. The van der Waals surface area contributed by atoms with Crippen LogP contribution >= 0.6 is 0 Å². The molecule has 0 saturated carbocycles. The molecule has 2 bridgehead atoms. The summed E-state index contributed by atoms with van der Waals surface area (Å²) >= 11 is 0. The molecule has 1 aromatic rings. The summed E-state index contributed by atoms with van der Waals surface area (Å²) in [4.78, 5) is 4.81. The zero-order valence-corrected chi connectivity index (χ0v) is 14.0. The van der Waals surface area contributed by atoms with Crippen LogP contribution in [-0.4, -0.2) is 70.8 Å². The van der Waals surface area contributed by atoms with E-state index in [1.165, 1.54) is 11.1 Å². The molecule has 0 aliphatic carbocycles. The van der Waals surface area contributed by atoms with Gasteiger partial charge in [0.25, 0.3) is 0 Å². The monoisotopic (exact) mass is 320 g/mol. The Morgan fingerprint density at radius 2 is 1.50 bits per heavy atom. The van der Waals surface area contributed by atoms with Crippen molar-refractivity contribution in [1.82, 2.24) is 9.80 Å². The summed E-state index contributed by atoms with van der Waals surface area (Å²) in [6, 6.07) is 8.73. The zero-order valence-electron chi connectivity index (χ0n) is 13.0. The van der Waals surface area contributed by atoms with Crippen molar-refractivity contribution < 1.29 is 13.3 Å². The Morgan fingerprint density at radius 3 is 2.18 bits per heavy atom. The average Bonchev–Trinajstić information content (AvgIpc) is 2.48. The van der Waals surface area contributed by atoms with Crippen molar-refractivity contribution in [1.29, 1.82) is 0 Å². The van der Waals surface area contributed by atoms with Crippen LogP contribution in [0.3, 0.4) is 0 Å². The predicted molar refractivity (Wildman–Crippen MR) is 85.5 cm³/mol. The smallest absolute Gasteiger partial charge is 0.371 e. The van der Waals surface area contributed by atoms with E-state index in [-0.39, 0.29) is 0 Å². The highest BCUT2D eigenvalue weighted by Gasteiger charge is 2.45. The van der Waals surface area contributed by atoms with Gasteiger partial charge in [0.2, 0.25) is 0 Å². The molecule has 6 heteroatoms. The summed E-state index contributed by atoms with van der Waals surface area (Å²) in [7, 11) is -2.54. The molecule has 0 aromatic heterocycles. The van der Waals surface area contributed by atoms with E-state index in [1.54, 1.807) is 0 Å². The Morgan fingerprint density at radius 1 is 0.864 bits per heavy atom. The molecule has 120 valence electrons. The molecule has 0 unspecified atom stereocenters. The van der Waals surface area contributed by atoms with Gasteiger partial charge in [-0.05, 0) is 17.5 Å². The molecule has 4 heterocycles. The topological polar surface area (TPSA) is 34.2 Å². The molecule has 0 spiro atoms. The highest BCUT2D eigenvalue weighted by atomic mass is 28.4. The molecule has 3 fully saturated rings. The van der Waals surface area contributed by atoms with E-state index in [0.29, 0.717) is 0 Å². The Hall–Kier alpha value is -0.763. The first-order valence-electron chi connectivity index (χ1n) is 8.26. The third kappa shape index (κ3) is 3.13. The zero-order chi connectivity index (χ0) is 14.8. The van der Waals surface area contributed by atoms with E-state index in [4.69, 9.17) is 13.3 Å². The molecular weight excluding hydrogens is 296 g/mol. The fourth-order valence-electron chi connectivity index (χ4n) is 3.55. The third-order valence-corrected chi connectivity index (χ3v) is 7.58. The largest absolute Gasteiger partial charge is 0.515 e. The fraction of sp³-hybridized carbons (Fsp3) is 0.625. The van der Waals surface area contributed by atoms with E-state index < -0.39 is 8.80 Å². The Kier molecular flexibility index (Phi) is 4.30. The van der Waals surface area contributed by atoms with Crippen molar-refractivity contribution >= 4 is 8.80 Å². The lowest BCUT2D eigenvalue weighted by atomic mass is 10.0. The van der Waals surface area contributed by atoms with Crippen LogP contribution in [0.2, 0.25) is 0 Å². The number of hydrogen-bond acceptors (Lipinski definition) is 5. The summed E-state index contributed by atoms with van der Waals surface area (Å²) < 4.78 is 18.4. The van der Waals surface area contributed by atoms with Crippen molar-refractivity contribution in [2.24, 2.45) is 0 Å². The van der Waals surface area contributed by atoms with Gasteiger partial charge in [-0.1, -0.05) is 24.3 Å². The lowest BCUT2D eigenvalue weighted by molar-refractivity contribution is -0.0164. The van der Waals surface area contributed by atoms with Crippen molar-refractivity contribution in [2.45, 2.75) is 13.0 Å². The second-order valence-corrected chi connectivity index (χ2v) is 8.85. The van der Waals surface area contributed by atoms with Crippen LogP contribution in [0.5, 0.6) is 0 Å². The predicted octanol–water partition coefficient (Wildman–Crippen LogP) is 0.902. The first-order valence-corrected chi connectivity index (χ1v) is 10.2. The van der Waals surface area contributed by atoms with Gasteiger partial charge in [0.05, 0.1) is 26.0 Å². The van der Waals surface area contributed by atoms with Gasteiger partial charge in [-0.3, -0.25) is 9.80 Å². The molecule has 5 rings (SSSR count). The van der Waals surface area contributed by atoms with Crippen LogP contribution in [-0.2, 0) is 26.2 Å². The Bertz CT molecular complexity index is 501. The Labute approximate surface area is 133 Å². The summed E-state index contributed by atoms with van der Waals surface area (Å²) in [5.74, 6) is 0. The summed E-state index contributed by atoms with van der Waals surface area (Å²) in [5.41, 5.74) is 2.91. The van der Waals surface area contributed by atoms with E-state index in [0.717, 1.165) is 65.1 Å². The van der Waals surface area contributed by atoms with E-state index in [1.807, 2.05) is 0 Å². The number of rotatable bonds is 2. The average molecular weight is 320 g/mol. The van der Waals surface area contributed by atoms with E-state index in [9.17, 15) is 0 Å². The number of hydrogen-bond donors (Lipinski definition) is 0. The number of benzene rings is 1. The normalized spacial score (nSPS) is 32.8. The lowest BCUT2D eigenvalue weighted by Crippen LogP contribution is -2.61.